The first-order valence-electron chi connectivity index (χ1n) is 19.3. The Balaban J connectivity index is 1.23. The summed E-state index contributed by atoms with van der Waals surface area (Å²) in [5.74, 6) is -2.83. The van der Waals surface area contributed by atoms with Crippen molar-refractivity contribution in [2.24, 2.45) is 23.7 Å². The number of para-hydroxylation sites is 2. The number of rotatable bonds is 18. The van der Waals surface area contributed by atoms with Crippen LogP contribution in [0.4, 0.5) is 0 Å². The van der Waals surface area contributed by atoms with Gasteiger partial charge in [-0.05, 0) is 78.1 Å². The Morgan fingerprint density at radius 2 is 0.929 bits per heavy atom. The van der Waals surface area contributed by atoms with Crippen molar-refractivity contribution in [2.45, 2.75) is 46.4 Å². The molecule has 5 aromatic carbocycles. The highest BCUT2D eigenvalue weighted by molar-refractivity contribution is 5.98. The number of hydrogen-bond acceptors (Lipinski definition) is 7. The average molecular weight is 753 g/mol. The number of esters is 1. The summed E-state index contributed by atoms with van der Waals surface area (Å²) in [4.78, 5) is 59.3. The van der Waals surface area contributed by atoms with Crippen molar-refractivity contribution >= 4 is 24.1 Å². The van der Waals surface area contributed by atoms with Crippen LogP contribution in [0.15, 0.2) is 140 Å². The first-order chi connectivity index (χ1) is 27.4. The van der Waals surface area contributed by atoms with Crippen molar-refractivity contribution in [1.82, 2.24) is 9.80 Å². The Bertz CT molecular complexity index is 2020. The predicted molar refractivity (Wildman–Crippen MR) is 214 cm³/mol. The van der Waals surface area contributed by atoms with Gasteiger partial charge in [0.15, 0.2) is 0 Å². The summed E-state index contributed by atoms with van der Waals surface area (Å²) >= 11 is 0. The summed E-state index contributed by atoms with van der Waals surface area (Å²) in [6, 6.07) is 43.2. The number of carbonyl (C=O) groups excluding carboxylic acids is 4. The summed E-state index contributed by atoms with van der Waals surface area (Å²) in [6.45, 7) is 5.25. The van der Waals surface area contributed by atoms with Crippen molar-refractivity contribution in [2.75, 3.05) is 13.1 Å². The van der Waals surface area contributed by atoms with E-state index in [1.807, 2.05) is 153 Å². The monoisotopic (exact) mass is 752 g/mol. The summed E-state index contributed by atoms with van der Waals surface area (Å²) in [5.41, 5.74) is 2.50. The third kappa shape index (κ3) is 9.90. The van der Waals surface area contributed by atoms with Crippen LogP contribution in [-0.2, 0) is 43.6 Å². The highest BCUT2D eigenvalue weighted by Crippen LogP contribution is 2.48. The Labute approximate surface area is 328 Å². The molecule has 0 spiro atoms. The van der Waals surface area contributed by atoms with Gasteiger partial charge in [0.1, 0.15) is 35.9 Å². The lowest BCUT2D eigenvalue weighted by atomic mass is 9.55. The van der Waals surface area contributed by atoms with Gasteiger partial charge in [-0.15, -0.1) is 0 Å². The molecule has 6 rings (SSSR count). The standard InChI is InChI=1S/C47H48N2O7/c1-3-28-48(30-34-20-24-39(25-21-34)55-37-16-10-6-11-17-37)45(51)42-41(32-50)43(47(53)54-33-36-14-8-5-9-15-36)44(42)46(52)49(29-4-2)31-35-22-26-40(27-23-35)56-38-18-12-7-13-19-38/h5-27,32,41-44H,3-4,28-31,33H2,1-2H3. The van der Waals surface area contributed by atoms with Gasteiger partial charge in [-0.25, -0.2) is 0 Å². The van der Waals surface area contributed by atoms with Crippen LogP contribution < -0.4 is 9.47 Å². The van der Waals surface area contributed by atoms with Crippen LogP contribution in [0, 0.1) is 23.7 Å². The fourth-order valence-corrected chi connectivity index (χ4v) is 7.22. The summed E-state index contributed by atoms with van der Waals surface area (Å²) in [7, 11) is 0. The first-order valence-corrected chi connectivity index (χ1v) is 19.3. The molecule has 1 saturated carbocycles. The van der Waals surface area contributed by atoms with Gasteiger partial charge < -0.3 is 28.8 Å². The molecule has 288 valence electrons. The maximum absolute atomic E-state index is 14.7. The highest BCUT2D eigenvalue weighted by atomic mass is 16.5. The number of hydrogen-bond donors (Lipinski definition) is 0. The van der Waals surface area contributed by atoms with E-state index in [-0.39, 0.29) is 31.5 Å². The van der Waals surface area contributed by atoms with E-state index in [0.29, 0.717) is 55.2 Å². The lowest BCUT2D eigenvalue weighted by molar-refractivity contribution is -0.182. The van der Waals surface area contributed by atoms with E-state index in [1.165, 1.54) is 0 Å². The molecule has 4 unspecified atom stereocenters. The molecule has 0 radical (unpaired) electrons. The van der Waals surface area contributed by atoms with Crippen molar-refractivity contribution in [1.29, 1.82) is 0 Å². The van der Waals surface area contributed by atoms with E-state index in [0.717, 1.165) is 16.7 Å². The van der Waals surface area contributed by atoms with Gasteiger partial charge in [-0.2, -0.15) is 0 Å². The van der Waals surface area contributed by atoms with Crippen LogP contribution in [0.5, 0.6) is 23.0 Å². The third-order valence-electron chi connectivity index (χ3n) is 9.99. The number of ether oxygens (including phenoxy) is 3. The van der Waals surface area contributed by atoms with E-state index in [9.17, 15) is 19.2 Å². The van der Waals surface area contributed by atoms with Crippen molar-refractivity contribution in [3.05, 3.63) is 156 Å². The minimum Gasteiger partial charge on any atom is -0.461 e. The van der Waals surface area contributed by atoms with Crippen LogP contribution in [0.1, 0.15) is 43.4 Å². The molecule has 1 fully saturated rings. The molecule has 9 nitrogen and oxygen atoms in total. The first kappa shape index (κ1) is 39.5. The van der Waals surface area contributed by atoms with E-state index >= 15 is 0 Å². The Hall–Kier alpha value is -6.22. The van der Waals surface area contributed by atoms with E-state index in [4.69, 9.17) is 14.2 Å². The van der Waals surface area contributed by atoms with E-state index in [2.05, 4.69) is 0 Å². The second kappa shape index (κ2) is 19.4. The summed E-state index contributed by atoms with van der Waals surface area (Å²) < 4.78 is 17.6. The number of carbonyl (C=O) groups is 4. The molecule has 0 saturated heterocycles. The molecule has 4 atom stereocenters. The molecule has 1 aliphatic carbocycles. The normalized spacial score (nSPS) is 17.2. The quantitative estimate of drug-likeness (QED) is 0.0651. The molecule has 0 heterocycles. The van der Waals surface area contributed by atoms with Gasteiger partial charge in [0.05, 0.1) is 17.8 Å². The van der Waals surface area contributed by atoms with Gasteiger partial charge in [0, 0.05) is 32.1 Å². The zero-order valence-electron chi connectivity index (χ0n) is 31.9. The molecule has 0 bridgehead atoms. The second-order valence-corrected chi connectivity index (χ2v) is 14.0. The minimum absolute atomic E-state index is 0.0106. The zero-order valence-corrected chi connectivity index (χ0v) is 31.9. The minimum atomic E-state index is -1.10. The fourth-order valence-electron chi connectivity index (χ4n) is 7.22. The Kier molecular flexibility index (Phi) is 13.7. The maximum atomic E-state index is 14.7. The predicted octanol–water partition coefficient (Wildman–Crippen LogP) is 8.87. The molecular formula is C47H48N2O7. The Morgan fingerprint density at radius 3 is 1.36 bits per heavy atom. The van der Waals surface area contributed by atoms with E-state index < -0.39 is 29.6 Å². The van der Waals surface area contributed by atoms with Crippen molar-refractivity contribution in [3.63, 3.8) is 0 Å². The molecule has 0 N–H and O–H groups in total. The highest BCUT2D eigenvalue weighted by Gasteiger charge is 2.62. The van der Waals surface area contributed by atoms with Crippen LogP contribution in [0.3, 0.4) is 0 Å². The van der Waals surface area contributed by atoms with Crippen LogP contribution in [-0.4, -0.2) is 47.0 Å². The number of amides is 2. The van der Waals surface area contributed by atoms with Gasteiger partial charge >= 0.3 is 5.97 Å². The summed E-state index contributed by atoms with van der Waals surface area (Å²) in [6.07, 6.45) is 1.96. The zero-order chi connectivity index (χ0) is 39.3. The number of benzene rings is 5. The molecule has 2 amide bonds. The van der Waals surface area contributed by atoms with Crippen LogP contribution >= 0.6 is 0 Å². The van der Waals surface area contributed by atoms with Gasteiger partial charge in [-0.3, -0.25) is 14.4 Å². The van der Waals surface area contributed by atoms with E-state index in [1.54, 1.807) is 9.80 Å². The molecule has 1 aliphatic rings. The third-order valence-corrected chi connectivity index (χ3v) is 9.99. The SMILES string of the molecule is CCCN(Cc1ccc(Oc2ccccc2)cc1)C(=O)C1C(C=O)C(C(=O)OCc2ccccc2)C1C(=O)N(CCC)Cc1ccc(Oc2ccccc2)cc1. The van der Waals surface area contributed by atoms with Gasteiger partial charge in [0.2, 0.25) is 11.8 Å². The topological polar surface area (TPSA) is 102 Å². The lowest BCUT2D eigenvalue weighted by Gasteiger charge is -2.48. The molecule has 56 heavy (non-hydrogen) atoms. The second-order valence-electron chi connectivity index (χ2n) is 14.0. The largest absolute Gasteiger partial charge is 0.461 e. The van der Waals surface area contributed by atoms with Gasteiger partial charge in [-0.1, -0.05) is 105 Å². The molecule has 5 aromatic rings. The van der Waals surface area contributed by atoms with Crippen molar-refractivity contribution < 1.29 is 33.4 Å². The molecule has 0 aromatic heterocycles. The Morgan fingerprint density at radius 1 is 0.518 bits per heavy atom. The smallest absolute Gasteiger partial charge is 0.310 e. The lowest BCUT2D eigenvalue weighted by Crippen LogP contribution is -2.63. The molecule has 0 aliphatic heterocycles. The van der Waals surface area contributed by atoms with Crippen LogP contribution in [0.25, 0.3) is 0 Å². The average Bonchev–Trinajstić information content (AvgIpc) is 3.22. The van der Waals surface area contributed by atoms with Crippen LogP contribution in [0.2, 0.25) is 0 Å². The molecule has 9 heteroatoms. The van der Waals surface area contributed by atoms with Crippen molar-refractivity contribution in [3.8, 4) is 23.0 Å². The summed E-state index contributed by atoms with van der Waals surface area (Å²) in [5, 5.41) is 0. The number of aldehydes is 1. The van der Waals surface area contributed by atoms with Gasteiger partial charge in [0.25, 0.3) is 0 Å². The molecular weight excluding hydrogens is 705 g/mol. The maximum Gasteiger partial charge on any atom is 0.310 e. The number of nitrogens with zero attached hydrogens (tertiary/aromatic N) is 2. The fraction of sp³-hybridized carbons (Fsp3) is 0.277.